The van der Waals surface area contributed by atoms with Gasteiger partial charge in [0.2, 0.25) is 0 Å². The van der Waals surface area contributed by atoms with Gasteiger partial charge in [0.25, 0.3) is 0 Å². The van der Waals surface area contributed by atoms with Crippen molar-refractivity contribution in [3.8, 4) is 11.5 Å². The van der Waals surface area contributed by atoms with Crippen LogP contribution in [0.4, 0.5) is 0 Å². The van der Waals surface area contributed by atoms with Gasteiger partial charge in [-0.15, -0.1) is 0 Å². The standard InChI is InChI=1S/C12H18ClNO3/c1-8(15)6-14-7-9-4-5-10(16-2)12(17-3)11(9)13/h4-5,8,14-15H,6-7H2,1-3H3. The van der Waals surface area contributed by atoms with Crippen molar-refractivity contribution < 1.29 is 14.6 Å². The Labute approximate surface area is 106 Å². The predicted molar refractivity (Wildman–Crippen MR) is 67.9 cm³/mol. The lowest BCUT2D eigenvalue weighted by Gasteiger charge is -2.13. The van der Waals surface area contributed by atoms with E-state index >= 15 is 0 Å². The molecule has 0 saturated heterocycles. The first-order valence-corrected chi connectivity index (χ1v) is 5.76. The Balaban J connectivity index is 2.80. The Bertz CT molecular complexity index is 369. The van der Waals surface area contributed by atoms with Gasteiger partial charge in [0.15, 0.2) is 11.5 Å². The zero-order chi connectivity index (χ0) is 12.8. The van der Waals surface area contributed by atoms with Crippen molar-refractivity contribution in [1.82, 2.24) is 5.32 Å². The molecular formula is C12H18ClNO3. The maximum Gasteiger partial charge on any atom is 0.179 e. The van der Waals surface area contributed by atoms with Crippen LogP contribution in [0, 0.1) is 0 Å². The maximum absolute atomic E-state index is 9.14. The normalized spacial score (nSPS) is 12.3. The number of aliphatic hydroxyl groups is 1. The number of ether oxygens (including phenoxy) is 2. The van der Waals surface area contributed by atoms with E-state index in [1.807, 2.05) is 12.1 Å². The fraction of sp³-hybridized carbons (Fsp3) is 0.500. The zero-order valence-electron chi connectivity index (χ0n) is 10.3. The van der Waals surface area contributed by atoms with Gasteiger partial charge in [-0.2, -0.15) is 0 Å². The SMILES string of the molecule is COc1ccc(CNCC(C)O)c(Cl)c1OC. The van der Waals surface area contributed by atoms with Gasteiger partial charge in [0.05, 0.1) is 25.3 Å². The van der Waals surface area contributed by atoms with Crippen LogP contribution in [0.25, 0.3) is 0 Å². The van der Waals surface area contributed by atoms with Crippen LogP contribution < -0.4 is 14.8 Å². The van der Waals surface area contributed by atoms with E-state index < -0.39 is 0 Å². The van der Waals surface area contributed by atoms with E-state index in [1.165, 1.54) is 0 Å². The summed E-state index contributed by atoms with van der Waals surface area (Å²) in [5.41, 5.74) is 0.907. The average Bonchev–Trinajstić information content (AvgIpc) is 2.30. The van der Waals surface area contributed by atoms with E-state index in [4.69, 9.17) is 26.2 Å². The van der Waals surface area contributed by atoms with Gasteiger partial charge in [-0.25, -0.2) is 0 Å². The van der Waals surface area contributed by atoms with Crippen LogP contribution in [-0.2, 0) is 6.54 Å². The maximum atomic E-state index is 9.14. The molecule has 0 aromatic heterocycles. The molecule has 4 nitrogen and oxygen atoms in total. The first-order valence-electron chi connectivity index (χ1n) is 5.38. The first kappa shape index (κ1) is 14.1. The third-order valence-electron chi connectivity index (χ3n) is 2.32. The molecule has 0 fully saturated rings. The summed E-state index contributed by atoms with van der Waals surface area (Å²) in [5, 5.41) is 12.8. The molecule has 0 aliphatic rings. The van der Waals surface area contributed by atoms with Crippen molar-refractivity contribution in [1.29, 1.82) is 0 Å². The molecular weight excluding hydrogens is 242 g/mol. The molecule has 0 spiro atoms. The van der Waals surface area contributed by atoms with E-state index in [1.54, 1.807) is 21.1 Å². The van der Waals surface area contributed by atoms with E-state index in [0.29, 0.717) is 29.6 Å². The lowest BCUT2D eigenvalue weighted by molar-refractivity contribution is 0.191. The van der Waals surface area contributed by atoms with E-state index in [0.717, 1.165) is 5.56 Å². The lowest BCUT2D eigenvalue weighted by Crippen LogP contribution is -2.24. The molecule has 1 atom stereocenters. The van der Waals surface area contributed by atoms with Crippen LogP contribution in [0.3, 0.4) is 0 Å². The molecule has 17 heavy (non-hydrogen) atoms. The molecule has 0 saturated carbocycles. The molecule has 0 amide bonds. The van der Waals surface area contributed by atoms with Crippen LogP contribution in [0.2, 0.25) is 5.02 Å². The Morgan fingerprint density at radius 2 is 2.06 bits per heavy atom. The summed E-state index contributed by atoms with van der Waals surface area (Å²) < 4.78 is 10.3. The Morgan fingerprint density at radius 1 is 1.35 bits per heavy atom. The van der Waals surface area contributed by atoms with Crippen molar-refractivity contribution in [2.24, 2.45) is 0 Å². The van der Waals surface area contributed by atoms with Gasteiger partial charge in [0.1, 0.15) is 0 Å². The molecule has 2 N–H and O–H groups in total. The van der Waals surface area contributed by atoms with Gasteiger partial charge in [0, 0.05) is 13.1 Å². The predicted octanol–water partition coefficient (Wildman–Crippen LogP) is 1.83. The van der Waals surface area contributed by atoms with Crippen LogP contribution in [0.15, 0.2) is 12.1 Å². The molecule has 5 heteroatoms. The van der Waals surface area contributed by atoms with E-state index in [9.17, 15) is 0 Å². The zero-order valence-corrected chi connectivity index (χ0v) is 11.0. The molecule has 1 unspecified atom stereocenters. The number of benzene rings is 1. The van der Waals surface area contributed by atoms with E-state index in [2.05, 4.69) is 5.32 Å². The van der Waals surface area contributed by atoms with E-state index in [-0.39, 0.29) is 6.10 Å². The number of aliphatic hydroxyl groups excluding tert-OH is 1. The van der Waals surface area contributed by atoms with Gasteiger partial charge < -0.3 is 19.9 Å². The first-order chi connectivity index (χ1) is 8.10. The fourth-order valence-electron chi connectivity index (χ4n) is 1.48. The minimum Gasteiger partial charge on any atom is -0.493 e. The largest absolute Gasteiger partial charge is 0.493 e. The van der Waals surface area contributed by atoms with Crippen LogP contribution in [0.1, 0.15) is 12.5 Å². The van der Waals surface area contributed by atoms with Crippen molar-refractivity contribution in [3.63, 3.8) is 0 Å². The topological polar surface area (TPSA) is 50.7 Å². The molecule has 1 aromatic rings. The highest BCUT2D eigenvalue weighted by Crippen LogP contribution is 2.37. The van der Waals surface area contributed by atoms with Gasteiger partial charge in [-0.05, 0) is 18.6 Å². The molecule has 1 aromatic carbocycles. The third kappa shape index (κ3) is 3.77. The summed E-state index contributed by atoms with van der Waals surface area (Å²) in [5.74, 6) is 1.14. The number of hydrogen-bond donors (Lipinski definition) is 2. The van der Waals surface area contributed by atoms with Crippen molar-refractivity contribution in [2.75, 3.05) is 20.8 Å². The summed E-state index contributed by atoms with van der Waals surface area (Å²) >= 11 is 6.20. The Kier molecular flexibility index (Phi) is 5.55. The highest BCUT2D eigenvalue weighted by Gasteiger charge is 2.12. The molecule has 0 bridgehead atoms. The summed E-state index contributed by atoms with van der Waals surface area (Å²) in [6.07, 6.45) is -0.381. The van der Waals surface area contributed by atoms with Gasteiger partial charge in [-0.3, -0.25) is 0 Å². The van der Waals surface area contributed by atoms with Gasteiger partial charge in [-0.1, -0.05) is 17.7 Å². The highest BCUT2D eigenvalue weighted by atomic mass is 35.5. The smallest absolute Gasteiger partial charge is 0.179 e. The van der Waals surface area contributed by atoms with Crippen LogP contribution in [0.5, 0.6) is 11.5 Å². The summed E-state index contributed by atoms with van der Waals surface area (Å²) in [4.78, 5) is 0. The second kappa shape index (κ2) is 6.69. The molecule has 0 aliphatic carbocycles. The van der Waals surface area contributed by atoms with Crippen molar-refractivity contribution in [3.05, 3.63) is 22.7 Å². The number of halogens is 1. The Hall–Kier alpha value is -0.970. The van der Waals surface area contributed by atoms with Gasteiger partial charge >= 0.3 is 0 Å². The molecule has 0 aliphatic heterocycles. The van der Waals surface area contributed by atoms with Crippen LogP contribution in [-0.4, -0.2) is 32.0 Å². The average molecular weight is 260 g/mol. The second-order valence-corrected chi connectivity index (χ2v) is 4.13. The lowest BCUT2D eigenvalue weighted by atomic mass is 10.2. The third-order valence-corrected chi connectivity index (χ3v) is 2.73. The molecule has 96 valence electrons. The monoisotopic (exact) mass is 259 g/mol. The molecule has 0 radical (unpaired) electrons. The summed E-state index contributed by atoms with van der Waals surface area (Å²) in [6.45, 7) is 2.82. The fourth-order valence-corrected chi connectivity index (χ4v) is 1.78. The second-order valence-electron chi connectivity index (χ2n) is 3.75. The summed E-state index contributed by atoms with van der Waals surface area (Å²) in [6, 6.07) is 3.68. The molecule has 1 rings (SSSR count). The summed E-state index contributed by atoms with van der Waals surface area (Å²) in [7, 11) is 3.12. The number of methoxy groups -OCH3 is 2. The Morgan fingerprint density at radius 3 is 2.59 bits per heavy atom. The van der Waals surface area contributed by atoms with Crippen molar-refractivity contribution >= 4 is 11.6 Å². The number of nitrogens with one attached hydrogen (secondary N) is 1. The highest BCUT2D eigenvalue weighted by molar-refractivity contribution is 6.33. The minimum atomic E-state index is -0.381. The number of rotatable bonds is 6. The minimum absolute atomic E-state index is 0.381. The number of hydrogen-bond acceptors (Lipinski definition) is 4. The quantitative estimate of drug-likeness (QED) is 0.818. The van der Waals surface area contributed by atoms with Crippen LogP contribution >= 0.6 is 11.6 Å². The molecule has 0 heterocycles. The van der Waals surface area contributed by atoms with Crippen molar-refractivity contribution in [2.45, 2.75) is 19.6 Å².